The van der Waals surface area contributed by atoms with Gasteiger partial charge in [-0.05, 0) is 25.8 Å². The van der Waals surface area contributed by atoms with Crippen molar-refractivity contribution in [1.29, 1.82) is 0 Å². The van der Waals surface area contributed by atoms with Gasteiger partial charge in [-0.15, -0.1) is 0 Å². The van der Waals surface area contributed by atoms with Gasteiger partial charge in [0.15, 0.2) is 5.82 Å². The molecule has 0 amide bonds. The van der Waals surface area contributed by atoms with Gasteiger partial charge in [-0.1, -0.05) is 30.3 Å². The smallest absolute Gasteiger partial charge is 0.246 e. The van der Waals surface area contributed by atoms with Crippen LogP contribution < -0.4 is 10.5 Å². The summed E-state index contributed by atoms with van der Waals surface area (Å²) in [5.41, 5.74) is 6.69. The SMILES string of the molecule is CCC(C)(N)c1nc(C2CCOc3ccccc32)no1. The fourth-order valence-corrected chi connectivity index (χ4v) is 2.37. The lowest BCUT2D eigenvalue weighted by molar-refractivity contribution is 0.269. The number of fused-ring (bicyclic) bond motifs is 1. The first-order valence-corrected chi connectivity index (χ1v) is 6.96. The summed E-state index contributed by atoms with van der Waals surface area (Å²) in [5.74, 6) is 2.21. The fourth-order valence-electron chi connectivity index (χ4n) is 2.37. The number of hydrogen-bond acceptors (Lipinski definition) is 5. The maximum absolute atomic E-state index is 6.15. The second-order valence-corrected chi connectivity index (χ2v) is 5.46. The van der Waals surface area contributed by atoms with Crippen LogP contribution in [0.25, 0.3) is 0 Å². The summed E-state index contributed by atoms with van der Waals surface area (Å²) in [4.78, 5) is 4.52. The molecule has 0 radical (unpaired) electrons. The predicted molar refractivity (Wildman–Crippen MR) is 74.5 cm³/mol. The quantitative estimate of drug-likeness (QED) is 0.930. The molecule has 0 fully saturated rings. The Hall–Kier alpha value is -1.88. The minimum atomic E-state index is -0.573. The van der Waals surface area contributed by atoms with E-state index in [1.54, 1.807) is 0 Å². The van der Waals surface area contributed by atoms with Crippen LogP contribution in [-0.4, -0.2) is 16.7 Å². The molecule has 2 N–H and O–H groups in total. The Kier molecular flexibility index (Phi) is 3.22. The number of rotatable bonds is 3. The molecule has 3 rings (SSSR count). The summed E-state index contributed by atoms with van der Waals surface area (Å²) < 4.78 is 11.0. The third-order valence-electron chi connectivity index (χ3n) is 3.93. The number of hydrogen-bond donors (Lipinski definition) is 1. The maximum atomic E-state index is 6.15. The molecule has 0 spiro atoms. The minimum absolute atomic E-state index is 0.116. The summed E-state index contributed by atoms with van der Waals surface area (Å²) in [5, 5.41) is 4.13. The molecule has 0 bridgehead atoms. The molecule has 0 aliphatic carbocycles. The van der Waals surface area contributed by atoms with Crippen molar-refractivity contribution < 1.29 is 9.26 Å². The summed E-state index contributed by atoms with van der Waals surface area (Å²) >= 11 is 0. The van der Waals surface area contributed by atoms with Crippen molar-refractivity contribution >= 4 is 0 Å². The van der Waals surface area contributed by atoms with Gasteiger partial charge in [0.25, 0.3) is 0 Å². The first-order valence-electron chi connectivity index (χ1n) is 6.96. The van der Waals surface area contributed by atoms with Gasteiger partial charge >= 0.3 is 0 Å². The van der Waals surface area contributed by atoms with E-state index in [4.69, 9.17) is 15.0 Å². The van der Waals surface area contributed by atoms with Crippen LogP contribution in [-0.2, 0) is 5.54 Å². The van der Waals surface area contributed by atoms with Gasteiger partial charge in [0.05, 0.1) is 18.1 Å². The first-order chi connectivity index (χ1) is 9.62. The molecular formula is C15H19N3O2. The molecule has 1 aromatic carbocycles. The summed E-state index contributed by atoms with van der Waals surface area (Å²) in [6.45, 7) is 4.58. The highest BCUT2D eigenvalue weighted by atomic mass is 16.5. The van der Waals surface area contributed by atoms with Gasteiger partial charge < -0.3 is 15.0 Å². The molecule has 5 nitrogen and oxygen atoms in total. The van der Waals surface area contributed by atoms with E-state index < -0.39 is 5.54 Å². The average molecular weight is 273 g/mol. The van der Waals surface area contributed by atoms with Gasteiger partial charge in [0.1, 0.15) is 5.75 Å². The Morgan fingerprint density at radius 2 is 2.20 bits per heavy atom. The van der Waals surface area contributed by atoms with Gasteiger partial charge in [0.2, 0.25) is 5.89 Å². The number of ether oxygens (including phenoxy) is 1. The van der Waals surface area contributed by atoms with Gasteiger partial charge in [-0.2, -0.15) is 4.98 Å². The highest BCUT2D eigenvalue weighted by molar-refractivity contribution is 5.40. The van der Waals surface area contributed by atoms with E-state index in [0.717, 1.165) is 24.2 Å². The zero-order chi connectivity index (χ0) is 14.2. The number of aromatic nitrogens is 2. The molecule has 1 aliphatic rings. The Balaban J connectivity index is 1.95. The predicted octanol–water partition coefficient (Wildman–Crippen LogP) is 2.57. The number of nitrogens with two attached hydrogens (primary N) is 1. The van der Waals surface area contributed by atoms with Gasteiger partial charge in [-0.3, -0.25) is 0 Å². The third-order valence-corrected chi connectivity index (χ3v) is 3.93. The summed E-state index contributed by atoms with van der Waals surface area (Å²) in [6, 6.07) is 8.00. The van der Waals surface area contributed by atoms with E-state index in [0.29, 0.717) is 18.3 Å². The third kappa shape index (κ3) is 2.18. The van der Waals surface area contributed by atoms with Crippen LogP contribution in [0.3, 0.4) is 0 Å². The van der Waals surface area contributed by atoms with E-state index in [1.165, 1.54) is 0 Å². The molecule has 0 saturated carbocycles. The van der Waals surface area contributed by atoms with E-state index in [2.05, 4.69) is 16.2 Å². The number of benzene rings is 1. The van der Waals surface area contributed by atoms with E-state index >= 15 is 0 Å². The zero-order valence-corrected chi connectivity index (χ0v) is 11.8. The molecule has 2 unspecified atom stereocenters. The number of para-hydroxylation sites is 1. The van der Waals surface area contributed by atoms with Crippen molar-refractivity contribution in [2.24, 2.45) is 5.73 Å². The molecule has 2 heterocycles. The molecule has 5 heteroatoms. The van der Waals surface area contributed by atoms with Crippen LogP contribution in [0.15, 0.2) is 28.8 Å². The van der Waals surface area contributed by atoms with Crippen LogP contribution in [0, 0.1) is 0 Å². The van der Waals surface area contributed by atoms with E-state index in [9.17, 15) is 0 Å². The Morgan fingerprint density at radius 1 is 1.40 bits per heavy atom. The molecule has 106 valence electrons. The van der Waals surface area contributed by atoms with Gasteiger partial charge in [0, 0.05) is 5.56 Å². The lowest BCUT2D eigenvalue weighted by atomic mass is 9.92. The van der Waals surface area contributed by atoms with Crippen molar-refractivity contribution in [1.82, 2.24) is 10.1 Å². The highest BCUT2D eigenvalue weighted by Crippen LogP contribution is 2.37. The Bertz CT molecular complexity index is 607. The van der Waals surface area contributed by atoms with E-state index in [-0.39, 0.29) is 5.92 Å². The van der Waals surface area contributed by atoms with Crippen LogP contribution in [0.1, 0.15) is 49.9 Å². The van der Waals surface area contributed by atoms with Crippen LogP contribution in [0.4, 0.5) is 0 Å². The Labute approximate surface area is 118 Å². The Morgan fingerprint density at radius 3 is 3.00 bits per heavy atom. The number of nitrogens with zero attached hydrogens (tertiary/aromatic N) is 2. The molecule has 0 saturated heterocycles. The van der Waals surface area contributed by atoms with Crippen molar-refractivity contribution in [3.05, 3.63) is 41.5 Å². The second kappa shape index (κ2) is 4.90. The summed E-state index contributed by atoms with van der Waals surface area (Å²) in [6.07, 6.45) is 1.60. The molecule has 2 aromatic rings. The molecular weight excluding hydrogens is 254 g/mol. The topological polar surface area (TPSA) is 74.2 Å². The van der Waals surface area contributed by atoms with Crippen molar-refractivity contribution in [3.8, 4) is 5.75 Å². The zero-order valence-electron chi connectivity index (χ0n) is 11.8. The highest BCUT2D eigenvalue weighted by Gasteiger charge is 2.31. The lowest BCUT2D eigenvalue weighted by Crippen LogP contribution is -2.32. The molecule has 2 atom stereocenters. The van der Waals surface area contributed by atoms with Crippen LogP contribution in [0.5, 0.6) is 5.75 Å². The molecule has 1 aromatic heterocycles. The minimum Gasteiger partial charge on any atom is -0.493 e. The normalized spacial score (nSPS) is 20.9. The van der Waals surface area contributed by atoms with E-state index in [1.807, 2.05) is 32.0 Å². The molecule has 20 heavy (non-hydrogen) atoms. The summed E-state index contributed by atoms with van der Waals surface area (Å²) in [7, 11) is 0. The monoisotopic (exact) mass is 273 g/mol. The standard InChI is InChI=1S/C15H19N3O2/c1-3-15(2,16)14-17-13(18-20-14)11-8-9-19-12-7-5-4-6-10(11)12/h4-7,11H,3,8-9,16H2,1-2H3. The van der Waals surface area contributed by atoms with Crippen LogP contribution >= 0.6 is 0 Å². The first kappa shape index (κ1) is 13.1. The maximum Gasteiger partial charge on any atom is 0.246 e. The van der Waals surface area contributed by atoms with Crippen LogP contribution in [0.2, 0.25) is 0 Å². The average Bonchev–Trinajstić information content (AvgIpc) is 2.97. The van der Waals surface area contributed by atoms with Crippen molar-refractivity contribution in [3.63, 3.8) is 0 Å². The lowest BCUT2D eigenvalue weighted by Gasteiger charge is -2.23. The molecule has 1 aliphatic heterocycles. The largest absolute Gasteiger partial charge is 0.493 e. The van der Waals surface area contributed by atoms with Crippen molar-refractivity contribution in [2.75, 3.05) is 6.61 Å². The fraction of sp³-hybridized carbons (Fsp3) is 0.467. The van der Waals surface area contributed by atoms with Gasteiger partial charge in [-0.25, -0.2) is 0 Å². The van der Waals surface area contributed by atoms with Crippen molar-refractivity contribution in [2.45, 2.75) is 38.1 Å². The second-order valence-electron chi connectivity index (χ2n) is 5.46.